The third kappa shape index (κ3) is 2.58. The highest BCUT2D eigenvalue weighted by atomic mass is 79.9. The van der Waals surface area contributed by atoms with Gasteiger partial charge in [-0.3, -0.25) is 9.48 Å². The fourth-order valence-electron chi connectivity index (χ4n) is 1.58. The van der Waals surface area contributed by atoms with Gasteiger partial charge in [0.1, 0.15) is 0 Å². The Kier molecular flexibility index (Phi) is 3.33. The normalized spacial score (nSPS) is 10.7. The lowest BCUT2D eigenvalue weighted by Gasteiger charge is -2.06. The monoisotopic (exact) mass is 296 g/mol. The van der Waals surface area contributed by atoms with Crippen molar-refractivity contribution in [2.75, 3.05) is 5.73 Å². The van der Waals surface area contributed by atoms with Gasteiger partial charge in [-0.15, -0.1) is 0 Å². The highest BCUT2D eigenvalue weighted by Crippen LogP contribution is 2.09. The Morgan fingerprint density at radius 1 is 1.41 bits per heavy atom. The Morgan fingerprint density at radius 3 is 2.76 bits per heavy atom. The van der Waals surface area contributed by atoms with E-state index in [2.05, 4.69) is 21.0 Å². The smallest absolute Gasteiger partial charge is 0.218 e. The van der Waals surface area contributed by atoms with Crippen molar-refractivity contribution in [3.05, 3.63) is 45.0 Å². The van der Waals surface area contributed by atoms with Gasteiger partial charge in [-0.2, -0.15) is 5.10 Å². The van der Waals surface area contributed by atoms with Crippen LogP contribution in [0.2, 0.25) is 0 Å². The van der Waals surface area contributed by atoms with Crippen LogP contribution in [0.4, 0.5) is 5.69 Å². The van der Waals surface area contributed by atoms with E-state index in [4.69, 9.17) is 5.73 Å². The molecule has 0 atom stereocenters. The molecule has 0 saturated carbocycles. The standard InChI is InChI=1S/C11H13BrN4O/c1-2-16-5-8(3-14-16)4-15-6-9(12)11(17)10(13)7-15/h3,5-7H,2,4,13H2,1H3. The number of rotatable bonds is 3. The number of hydrogen-bond acceptors (Lipinski definition) is 3. The Hall–Kier alpha value is -1.56. The zero-order chi connectivity index (χ0) is 12.4. The van der Waals surface area contributed by atoms with E-state index >= 15 is 0 Å². The minimum Gasteiger partial charge on any atom is -0.394 e. The summed E-state index contributed by atoms with van der Waals surface area (Å²) in [5.41, 5.74) is 6.76. The van der Waals surface area contributed by atoms with Crippen LogP contribution in [-0.4, -0.2) is 14.3 Å². The minimum atomic E-state index is -0.175. The molecule has 0 aliphatic heterocycles. The molecule has 0 radical (unpaired) electrons. The molecule has 0 bridgehead atoms. The maximum absolute atomic E-state index is 11.4. The molecule has 2 N–H and O–H groups in total. The van der Waals surface area contributed by atoms with E-state index in [0.717, 1.165) is 12.1 Å². The zero-order valence-corrected chi connectivity index (χ0v) is 11.0. The summed E-state index contributed by atoms with van der Waals surface area (Å²) in [4.78, 5) is 11.4. The molecule has 6 heteroatoms. The summed E-state index contributed by atoms with van der Waals surface area (Å²) in [6.45, 7) is 3.52. The average molecular weight is 297 g/mol. The van der Waals surface area contributed by atoms with Crippen molar-refractivity contribution in [1.82, 2.24) is 14.3 Å². The van der Waals surface area contributed by atoms with Crippen molar-refractivity contribution in [3.8, 4) is 0 Å². The Balaban J connectivity index is 2.27. The van der Waals surface area contributed by atoms with E-state index in [9.17, 15) is 4.79 Å². The predicted molar refractivity (Wildman–Crippen MR) is 69.8 cm³/mol. The third-order valence-corrected chi connectivity index (χ3v) is 3.00. The number of nitrogens with zero attached hydrogens (tertiary/aromatic N) is 3. The molecule has 0 aliphatic rings. The number of pyridine rings is 1. The summed E-state index contributed by atoms with van der Waals surface area (Å²) in [6.07, 6.45) is 7.15. The molecule has 5 nitrogen and oxygen atoms in total. The lowest BCUT2D eigenvalue weighted by molar-refractivity contribution is 0.658. The quantitative estimate of drug-likeness (QED) is 0.932. The van der Waals surface area contributed by atoms with Crippen molar-refractivity contribution in [1.29, 1.82) is 0 Å². The van der Waals surface area contributed by atoms with Crippen LogP contribution in [0.3, 0.4) is 0 Å². The fourth-order valence-corrected chi connectivity index (χ4v) is 2.07. The van der Waals surface area contributed by atoms with Crippen LogP contribution in [0.15, 0.2) is 34.1 Å². The SMILES string of the molecule is CCn1cc(Cn2cc(N)c(=O)c(Br)c2)cn1. The van der Waals surface area contributed by atoms with Crippen molar-refractivity contribution < 1.29 is 0 Å². The maximum Gasteiger partial charge on any atom is 0.218 e. The number of aryl methyl sites for hydroxylation is 1. The van der Waals surface area contributed by atoms with Crippen molar-refractivity contribution in [3.63, 3.8) is 0 Å². The summed E-state index contributed by atoms with van der Waals surface area (Å²) >= 11 is 3.19. The first-order chi connectivity index (χ1) is 8.10. The second kappa shape index (κ2) is 4.75. The van der Waals surface area contributed by atoms with Gasteiger partial charge in [0.2, 0.25) is 5.43 Å². The summed E-state index contributed by atoms with van der Waals surface area (Å²) < 4.78 is 4.19. The molecule has 2 heterocycles. The van der Waals surface area contributed by atoms with Crippen LogP contribution in [-0.2, 0) is 13.1 Å². The summed E-state index contributed by atoms with van der Waals surface area (Å²) in [7, 11) is 0. The van der Waals surface area contributed by atoms with E-state index in [1.165, 1.54) is 0 Å². The highest BCUT2D eigenvalue weighted by molar-refractivity contribution is 9.10. The average Bonchev–Trinajstić information content (AvgIpc) is 2.73. The van der Waals surface area contributed by atoms with Gasteiger partial charge < -0.3 is 10.3 Å². The van der Waals surface area contributed by atoms with Crippen LogP contribution in [0.25, 0.3) is 0 Å². The molecule has 0 aliphatic carbocycles. The minimum absolute atomic E-state index is 0.175. The molecule has 0 amide bonds. The Bertz CT molecular complexity index is 561. The van der Waals surface area contributed by atoms with Crippen LogP contribution >= 0.6 is 15.9 Å². The van der Waals surface area contributed by atoms with Gasteiger partial charge in [-0.05, 0) is 22.9 Å². The van der Waals surface area contributed by atoms with E-state index in [-0.39, 0.29) is 11.1 Å². The second-order valence-corrected chi connectivity index (χ2v) is 4.62. The molecule has 2 aromatic rings. The molecular formula is C11H13BrN4O. The zero-order valence-electron chi connectivity index (χ0n) is 9.43. The first-order valence-corrected chi connectivity index (χ1v) is 6.06. The molecular weight excluding hydrogens is 284 g/mol. The van der Waals surface area contributed by atoms with Crippen LogP contribution < -0.4 is 11.2 Å². The largest absolute Gasteiger partial charge is 0.394 e. The van der Waals surface area contributed by atoms with Crippen LogP contribution in [0.5, 0.6) is 0 Å². The highest BCUT2D eigenvalue weighted by Gasteiger charge is 2.04. The number of nitrogens with two attached hydrogens (primary N) is 1. The molecule has 0 spiro atoms. The van der Waals surface area contributed by atoms with Gasteiger partial charge in [0.15, 0.2) is 0 Å². The van der Waals surface area contributed by atoms with Gasteiger partial charge in [0, 0.05) is 30.7 Å². The van der Waals surface area contributed by atoms with Gasteiger partial charge in [0.05, 0.1) is 22.9 Å². The van der Waals surface area contributed by atoms with E-state index < -0.39 is 0 Å². The number of halogens is 1. The lowest BCUT2D eigenvalue weighted by atomic mass is 10.3. The molecule has 0 saturated heterocycles. The molecule has 0 unspecified atom stereocenters. The van der Waals surface area contributed by atoms with E-state index in [1.807, 2.05) is 28.6 Å². The van der Waals surface area contributed by atoms with Crippen LogP contribution in [0, 0.1) is 0 Å². The molecule has 0 aromatic carbocycles. The predicted octanol–water partition coefficient (Wildman–Crippen LogP) is 1.46. The van der Waals surface area contributed by atoms with Gasteiger partial charge >= 0.3 is 0 Å². The molecule has 2 rings (SSSR count). The number of anilines is 1. The first kappa shape index (κ1) is 11.9. The van der Waals surface area contributed by atoms with Gasteiger partial charge in [0.25, 0.3) is 0 Å². The maximum atomic E-state index is 11.4. The lowest BCUT2D eigenvalue weighted by Crippen LogP contribution is -2.13. The number of hydrogen-bond donors (Lipinski definition) is 1. The fraction of sp³-hybridized carbons (Fsp3) is 0.273. The van der Waals surface area contributed by atoms with Gasteiger partial charge in [-0.25, -0.2) is 0 Å². The van der Waals surface area contributed by atoms with Crippen LogP contribution in [0.1, 0.15) is 12.5 Å². The Labute approximate surface area is 107 Å². The molecule has 90 valence electrons. The molecule has 17 heavy (non-hydrogen) atoms. The summed E-state index contributed by atoms with van der Waals surface area (Å²) in [5.74, 6) is 0. The third-order valence-electron chi connectivity index (χ3n) is 2.44. The molecule has 0 fully saturated rings. The van der Waals surface area contributed by atoms with Gasteiger partial charge in [-0.1, -0.05) is 0 Å². The summed E-state index contributed by atoms with van der Waals surface area (Å²) in [5, 5.41) is 4.19. The Morgan fingerprint density at radius 2 is 2.18 bits per heavy atom. The number of nitrogen functional groups attached to an aromatic ring is 1. The summed E-state index contributed by atoms with van der Waals surface area (Å²) in [6, 6.07) is 0. The van der Waals surface area contributed by atoms with Crippen molar-refractivity contribution in [2.45, 2.75) is 20.0 Å². The topological polar surface area (TPSA) is 65.8 Å². The van der Waals surface area contributed by atoms with E-state index in [0.29, 0.717) is 11.0 Å². The van der Waals surface area contributed by atoms with Crippen molar-refractivity contribution in [2.24, 2.45) is 0 Å². The van der Waals surface area contributed by atoms with Crippen molar-refractivity contribution >= 4 is 21.6 Å². The first-order valence-electron chi connectivity index (χ1n) is 5.26. The number of aromatic nitrogens is 3. The van der Waals surface area contributed by atoms with E-state index in [1.54, 1.807) is 12.4 Å². The molecule has 2 aromatic heterocycles. The second-order valence-electron chi connectivity index (χ2n) is 3.77.